The third-order valence-corrected chi connectivity index (χ3v) is 4.79. The van der Waals surface area contributed by atoms with Crippen LogP contribution in [0.3, 0.4) is 0 Å². The minimum Gasteiger partial charge on any atom is -0.504 e. The molecule has 6 nitrogen and oxygen atoms in total. The number of esters is 1. The van der Waals surface area contributed by atoms with Crippen molar-refractivity contribution >= 4 is 23.3 Å². The molecule has 1 atom stereocenters. The molecule has 1 unspecified atom stereocenters. The highest BCUT2D eigenvalue weighted by Crippen LogP contribution is 2.39. The van der Waals surface area contributed by atoms with Crippen LogP contribution in [0.1, 0.15) is 38.3 Å². The second-order valence-electron chi connectivity index (χ2n) is 6.13. The van der Waals surface area contributed by atoms with Crippen LogP contribution in [-0.2, 0) is 9.53 Å². The number of phenolic OH excluding ortho intramolecular Hbond substituents is 1. The van der Waals surface area contributed by atoms with E-state index in [1.165, 1.54) is 7.11 Å². The summed E-state index contributed by atoms with van der Waals surface area (Å²) in [7, 11) is 1.49. The summed E-state index contributed by atoms with van der Waals surface area (Å²) >= 11 is 5.54. The fraction of sp³-hybridized carbons (Fsp3) is 0.444. The Morgan fingerprint density at radius 1 is 1.44 bits per heavy atom. The highest BCUT2D eigenvalue weighted by Gasteiger charge is 2.40. The second-order valence-corrected chi connectivity index (χ2v) is 6.52. The molecule has 25 heavy (non-hydrogen) atoms. The topological polar surface area (TPSA) is 71.0 Å². The van der Waals surface area contributed by atoms with Crippen molar-refractivity contribution in [1.82, 2.24) is 10.2 Å². The summed E-state index contributed by atoms with van der Waals surface area (Å²) in [6.07, 6.45) is 2.12. The Hall–Kier alpha value is -2.28. The molecular formula is C18H22N2O4S. The Balaban J connectivity index is 2.07. The summed E-state index contributed by atoms with van der Waals surface area (Å²) in [4.78, 5) is 14.6. The Bertz CT molecular complexity index is 743. The molecule has 1 saturated carbocycles. The number of hydrogen-bond donors (Lipinski definition) is 2. The zero-order valence-electron chi connectivity index (χ0n) is 14.5. The summed E-state index contributed by atoms with van der Waals surface area (Å²) in [5, 5.41) is 13.7. The number of hydrogen-bond acceptors (Lipinski definition) is 5. The average molecular weight is 362 g/mol. The van der Waals surface area contributed by atoms with Crippen molar-refractivity contribution in [2.45, 2.75) is 38.8 Å². The van der Waals surface area contributed by atoms with Crippen LogP contribution in [0.2, 0.25) is 0 Å². The lowest BCUT2D eigenvalue weighted by Crippen LogP contribution is -2.48. The molecule has 1 fully saturated rings. The van der Waals surface area contributed by atoms with Gasteiger partial charge in [-0.2, -0.15) is 0 Å². The minimum atomic E-state index is -0.448. The van der Waals surface area contributed by atoms with E-state index < -0.39 is 6.04 Å². The first-order chi connectivity index (χ1) is 12.0. The summed E-state index contributed by atoms with van der Waals surface area (Å²) in [5.74, 6) is 0.0241. The molecular weight excluding hydrogens is 340 g/mol. The molecule has 1 aliphatic carbocycles. The van der Waals surface area contributed by atoms with Gasteiger partial charge in [-0.25, -0.2) is 4.79 Å². The van der Waals surface area contributed by atoms with Crippen LogP contribution in [0, 0.1) is 0 Å². The highest BCUT2D eigenvalue weighted by atomic mass is 32.1. The molecule has 0 radical (unpaired) electrons. The van der Waals surface area contributed by atoms with Crippen molar-refractivity contribution in [3.63, 3.8) is 0 Å². The highest BCUT2D eigenvalue weighted by molar-refractivity contribution is 7.80. The van der Waals surface area contributed by atoms with Crippen LogP contribution in [0.4, 0.5) is 0 Å². The van der Waals surface area contributed by atoms with E-state index in [2.05, 4.69) is 5.32 Å². The number of carbonyl (C=O) groups is 1. The summed E-state index contributed by atoms with van der Waals surface area (Å²) in [5.41, 5.74) is 2.13. The number of nitrogens with one attached hydrogen (secondary N) is 1. The number of carbonyl (C=O) groups excluding carboxylic acids is 1. The Morgan fingerprint density at radius 3 is 2.76 bits per heavy atom. The van der Waals surface area contributed by atoms with Crippen LogP contribution in [0.25, 0.3) is 0 Å². The van der Waals surface area contributed by atoms with Crippen LogP contribution < -0.4 is 10.1 Å². The van der Waals surface area contributed by atoms with Gasteiger partial charge in [-0.05, 0) is 56.6 Å². The number of rotatable bonds is 5. The number of nitrogens with zero attached hydrogens (tertiary/aromatic N) is 1. The van der Waals surface area contributed by atoms with Gasteiger partial charge in [0.05, 0.1) is 25.3 Å². The third-order valence-electron chi connectivity index (χ3n) is 4.47. The molecule has 1 aromatic rings. The summed E-state index contributed by atoms with van der Waals surface area (Å²) in [6, 6.07) is 4.90. The van der Waals surface area contributed by atoms with Gasteiger partial charge >= 0.3 is 5.97 Å². The fourth-order valence-corrected chi connectivity index (χ4v) is 3.53. The number of aromatic hydroxyl groups is 1. The molecule has 0 saturated heterocycles. The van der Waals surface area contributed by atoms with E-state index in [1.807, 2.05) is 11.8 Å². The van der Waals surface area contributed by atoms with Crippen molar-refractivity contribution in [2.24, 2.45) is 0 Å². The van der Waals surface area contributed by atoms with Crippen molar-refractivity contribution in [1.29, 1.82) is 0 Å². The van der Waals surface area contributed by atoms with Crippen molar-refractivity contribution in [3.8, 4) is 11.5 Å². The van der Waals surface area contributed by atoms with Gasteiger partial charge in [0.1, 0.15) is 0 Å². The van der Waals surface area contributed by atoms with E-state index >= 15 is 0 Å². The number of thiocarbonyl (C=S) groups is 1. The van der Waals surface area contributed by atoms with Crippen molar-refractivity contribution in [2.75, 3.05) is 13.7 Å². The predicted octanol–water partition coefficient (Wildman–Crippen LogP) is 2.63. The van der Waals surface area contributed by atoms with Gasteiger partial charge < -0.3 is 24.8 Å². The zero-order valence-corrected chi connectivity index (χ0v) is 15.4. The summed E-state index contributed by atoms with van der Waals surface area (Å²) < 4.78 is 10.5. The van der Waals surface area contributed by atoms with Gasteiger partial charge in [-0.15, -0.1) is 0 Å². The van der Waals surface area contributed by atoms with Crippen molar-refractivity contribution in [3.05, 3.63) is 35.0 Å². The molecule has 0 bridgehead atoms. The smallest absolute Gasteiger partial charge is 0.338 e. The molecule has 0 aromatic heterocycles. The molecule has 1 heterocycles. The maximum Gasteiger partial charge on any atom is 0.338 e. The lowest BCUT2D eigenvalue weighted by molar-refractivity contribution is -0.139. The maximum absolute atomic E-state index is 12.6. The van der Waals surface area contributed by atoms with E-state index in [9.17, 15) is 9.90 Å². The predicted molar refractivity (Wildman–Crippen MR) is 97.3 cm³/mol. The van der Waals surface area contributed by atoms with Crippen LogP contribution in [0.15, 0.2) is 29.5 Å². The van der Waals surface area contributed by atoms with Gasteiger partial charge in [0.15, 0.2) is 16.6 Å². The maximum atomic E-state index is 12.6. The van der Waals surface area contributed by atoms with Gasteiger partial charge in [0.2, 0.25) is 0 Å². The van der Waals surface area contributed by atoms with Gasteiger partial charge in [-0.3, -0.25) is 0 Å². The van der Waals surface area contributed by atoms with Crippen LogP contribution >= 0.6 is 12.2 Å². The van der Waals surface area contributed by atoms with Gasteiger partial charge in [0, 0.05) is 11.7 Å². The minimum absolute atomic E-state index is 0.0441. The molecule has 1 aliphatic heterocycles. The summed E-state index contributed by atoms with van der Waals surface area (Å²) in [6.45, 7) is 3.99. The number of allylic oxidation sites excluding steroid dienone is 1. The van der Waals surface area contributed by atoms with Crippen molar-refractivity contribution < 1.29 is 19.4 Å². The Kier molecular flexibility index (Phi) is 4.85. The fourth-order valence-electron chi connectivity index (χ4n) is 3.13. The van der Waals surface area contributed by atoms with Gasteiger partial charge in [-0.1, -0.05) is 6.07 Å². The quantitative estimate of drug-likeness (QED) is 0.616. The molecule has 0 amide bonds. The lowest BCUT2D eigenvalue weighted by atomic mass is 9.94. The van der Waals surface area contributed by atoms with Crippen LogP contribution in [0.5, 0.6) is 11.5 Å². The normalized spacial score (nSPS) is 20.4. The Labute approximate surface area is 152 Å². The molecule has 7 heteroatoms. The lowest BCUT2D eigenvalue weighted by Gasteiger charge is -2.37. The zero-order chi connectivity index (χ0) is 18.1. The third kappa shape index (κ3) is 3.28. The molecule has 2 aliphatic rings. The first-order valence-electron chi connectivity index (χ1n) is 8.32. The second kappa shape index (κ2) is 6.92. The SMILES string of the molecule is CCOC(=O)C1=C(C)N(C2CC2)C(=S)NC1c1ccc(O)c(OC)c1. The van der Waals surface area contributed by atoms with E-state index in [1.54, 1.807) is 25.1 Å². The van der Waals surface area contributed by atoms with Gasteiger partial charge in [0.25, 0.3) is 0 Å². The van der Waals surface area contributed by atoms with E-state index in [-0.39, 0.29) is 11.7 Å². The largest absolute Gasteiger partial charge is 0.504 e. The molecule has 1 aromatic carbocycles. The Morgan fingerprint density at radius 2 is 2.16 bits per heavy atom. The molecule has 0 spiro atoms. The van der Waals surface area contributed by atoms with E-state index in [0.717, 1.165) is 24.1 Å². The number of phenols is 1. The molecule has 3 rings (SSSR count). The van der Waals surface area contributed by atoms with E-state index in [4.69, 9.17) is 21.7 Å². The first kappa shape index (κ1) is 17.5. The van der Waals surface area contributed by atoms with E-state index in [0.29, 0.717) is 29.1 Å². The standard InChI is InChI=1S/C18H22N2O4S/c1-4-24-17(22)15-10(2)20(12-6-7-12)18(25)19-16(15)11-5-8-13(21)14(9-11)23-3/h5,8-9,12,16,21H,4,6-7H2,1-3H3,(H,19,25). The molecule has 134 valence electrons. The average Bonchev–Trinajstić information content (AvgIpc) is 3.39. The number of methoxy groups -OCH3 is 1. The van der Waals surface area contributed by atoms with Crippen LogP contribution in [-0.4, -0.2) is 40.8 Å². The number of ether oxygens (including phenoxy) is 2. The number of benzene rings is 1. The molecule has 2 N–H and O–H groups in total. The first-order valence-corrected chi connectivity index (χ1v) is 8.73. The monoisotopic (exact) mass is 362 g/mol.